The van der Waals surface area contributed by atoms with Crippen LogP contribution in [0, 0.1) is 0 Å². The number of carboxylic acids is 1. The van der Waals surface area contributed by atoms with Crippen LogP contribution in [0.1, 0.15) is 23.6 Å². The number of benzene rings is 1. The van der Waals surface area contributed by atoms with Crippen molar-refractivity contribution in [2.45, 2.75) is 12.5 Å². The lowest BCUT2D eigenvalue weighted by Gasteiger charge is -2.16. The number of carboxylic acid groups (broad SMARTS) is 1. The van der Waals surface area contributed by atoms with Crippen molar-refractivity contribution < 1.29 is 28.2 Å². The van der Waals surface area contributed by atoms with E-state index in [1.807, 2.05) is 0 Å². The first-order valence-electron chi connectivity index (χ1n) is 4.94. The molecule has 0 saturated carbocycles. The Bertz CT molecular complexity index is 451. The van der Waals surface area contributed by atoms with E-state index in [2.05, 4.69) is 0 Å². The lowest BCUT2D eigenvalue weighted by Crippen LogP contribution is -2.22. The van der Waals surface area contributed by atoms with Crippen molar-refractivity contribution in [2.75, 3.05) is 14.2 Å². The molecule has 1 rings (SSSR count). The number of halogens is 2. The van der Waals surface area contributed by atoms with Crippen molar-refractivity contribution in [3.63, 3.8) is 0 Å². The Labute approximate surface area is 102 Å². The van der Waals surface area contributed by atoms with E-state index in [4.69, 9.17) is 20.3 Å². The maximum absolute atomic E-state index is 12.9. The van der Waals surface area contributed by atoms with Gasteiger partial charge in [-0.05, 0) is 17.7 Å². The molecule has 0 aliphatic heterocycles. The van der Waals surface area contributed by atoms with Gasteiger partial charge in [-0.15, -0.1) is 0 Å². The van der Waals surface area contributed by atoms with Crippen LogP contribution in [-0.2, 0) is 4.79 Å². The first kappa shape index (κ1) is 14.2. The third-order valence-electron chi connectivity index (χ3n) is 2.43. The molecule has 18 heavy (non-hydrogen) atoms. The van der Waals surface area contributed by atoms with Crippen molar-refractivity contribution in [1.82, 2.24) is 0 Å². The molecule has 100 valence electrons. The van der Waals surface area contributed by atoms with Crippen molar-refractivity contribution in [3.8, 4) is 11.5 Å². The van der Waals surface area contributed by atoms with Crippen molar-refractivity contribution in [2.24, 2.45) is 5.73 Å². The molecule has 1 unspecified atom stereocenters. The summed E-state index contributed by atoms with van der Waals surface area (Å²) in [6.07, 6.45) is -2.86. The minimum absolute atomic E-state index is 0.0918. The number of alkyl halides is 2. The van der Waals surface area contributed by atoms with Gasteiger partial charge in [0.05, 0.1) is 14.2 Å². The Morgan fingerprint density at radius 1 is 1.22 bits per heavy atom. The molecule has 1 aromatic carbocycles. The van der Waals surface area contributed by atoms with Crippen molar-refractivity contribution >= 4 is 5.97 Å². The van der Waals surface area contributed by atoms with Gasteiger partial charge in [0, 0.05) is 5.56 Å². The van der Waals surface area contributed by atoms with Crippen molar-refractivity contribution in [3.05, 3.63) is 23.3 Å². The highest BCUT2D eigenvalue weighted by Gasteiger charge is 2.25. The van der Waals surface area contributed by atoms with E-state index in [9.17, 15) is 13.6 Å². The fraction of sp³-hybridized carbons (Fsp3) is 0.364. The third-order valence-corrected chi connectivity index (χ3v) is 2.43. The molecule has 0 fully saturated rings. The van der Waals surface area contributed by atoms with Crippen LogP contribution in [0.2, 0.25) is 0 Å². The molecular weight excluding hydrogens is 248 g/mol. The summed E-state index contributed by atoms with van der Waals surface area (Å²) in [6.45, 7) is 0. The van der Waals surface area contributed by atoms with E-state index < -0.39 is 24.0 Å². The van der Waals surface area contributed by atoms with Crippen LogP contribution in [-0.4, -0.2) is 25.3 Å². The smallest absolute Gasteiger partial charge is 0.325 e. The average molecular weight is 261 g/mol. The Morgan fingerprint density at radius 2 is 1.67 bits per heavy atom. The van der Waals surface area contributed by atoms with Gasteiger partial charge in [0.2, 0.25) is 0 Å². The second-order valence-corrected chi connectivity index (χ2v) is 3.45. The van der Waals surface area contributed by atoms with E-state index in [1.54, 1.807) is 0 Å². The molecule has 3 N–H and O–H groups in total. The molecule has 0 spiro atoms. The zero-order valence-electron chi connectivity index (χ0n) is 9.81. The van der Waals surface area contributed by atoms with Gasteiger partial charge in [0.1, 0.15) is 6.04 Å². The van der Waals surface area contributed by atoms with Crippen LogP contribution in [0.5, 0.6) is 11.5 Å². The zero-order chi connectivity index (χ0) is 13.9. The van der Waals surface area contributed by atoms with Crippen LogP contribution in [0.3, 0.4) is 0 Å². The Kier molecular flexibility index (Phi) is 4.43. The summed E-state index contributed by atoms with van der Waals surface area (Å²) in [5.74, 6) is -1.16. The number of methoxy groups -OCH3 is 2. The first-order valence-corrected chi connectivity index (χ1v) is 4.94. The van der Waals surface area contributed by atoms with Gasteiger partial charge in [-0.25, -0.2) is 8.78 Å². The number of aliphatic carboxylic acids is 1. The standard InChI is InChI=1S/C11H13F2NO4/c1-17-7-3-5(9(14)11(15)16)6(10(12)13)4-8(7)18-2/h3-4,9-10H,14H2,1-2H3,(H,15,16). The van der Waals surface area contributed by atoms with Gasteiger partial charge in [-0.1, -0.05) is 0 Å². The topological polar surface area (TPSA) is 81.8 Å². The van der Waals surface area contributed by atoms with Gasteiger partial charge in [0.25, 0.3) is 6.43 Å². The van der Waals surface area contributed by atoms with E-state index in [1.165, 1.54) is 14.2 Å². The lowest BCUT2D eigenvalue weighted by molar-refractivity contribution is -0.138. The highest BCUT2D eigenvalue weighted by Crippen LogP contribution is 2.37. The first-order chi connectivity index (χ1) is 8.42. The van der Waals surface area contributed by atoms with Gasteiger partial charge >= 0.3 is 5.97 Å². The molecule has 0 aliphatic carbocycles. The predicted octanol–water partition coefficient (Wildman–Crippen LogP) is 1.73. The molecule has 1 atom stereocenters. The molecule has 1 aromatic rings. The second-order valence-electron chi connectivity index (χ2n) is 3.45. The highest BCUT2D eigenvalue weighted by atomic mass is 19.3. The minimum atomic E-state index is -2.86. The molecule has 7 heteroatoms. The van der Waals surface area contributed by atoms with E-state index in [0.29, 0.717) is 0 Å². The molecule has 0 saturated heterocycles. The van der Waals surface area contributed by atoms with Crippen molar-refractivity contribution in [1.29, 1.82) is 0 Å². The SMILES string of the molecule is COc1cc(C(F)F)c(C(N)C(=O)O)cc1OC. The number of hydrogen-bond donors (Lipinski definition) is 2. The van der Waals surface area contributed by atoms with E-state index >= 15 is 0 Å². The molecule has 0 heterocycles. The van der Waals surface area contributed by atoms with Crippen LogP contribution in [0.15, 0.2) is 12.1 Å². The summed E-state index contributed by atoms with van der Waals surface area (Å²) in [5, 5.41) is 8.79. The average Bonchev–Trinajstić information content (AvgIpc) is 2.35. The fourth-order valence-electron chi connectivity index (χ4n) is 1.50. The Morgan fingerprint density at radius 3 is 2.00 bits per heavy atom. The Balaban J connectivity index is 3.42. The normalized spacial score (nSPS) is 12.3. The zero-order valence-corrected chi connectivity index (χ0v) is 9.81. The van der Waals surface area contributed by atoms with Crippen LogP contribution >= 0.6 is 0 Å². The molecule has 0 radical (unpaired) electrons. The summed E-state index contributed by atoms with van der Waals surface area (Å²) in [7, 11) is 2.61. The monoisotopic (exact) mass is 261 g/mol. The van der Waals surface area contributed by atoms with E-state index in [0.717, 1.165) is 12.1 Å². The molecule has 0 aliphatic rings. The van der Waals surface area contributed by atoms with Gasteiger partial charge in [-0.2, -0.15) is 0 Å². The molecule has 0 aromatic heterocycles. The quantitative estimate of drug-likeness (QED) is 0.843. The summed E-state index contributed by atoms with van der Waals surface area (Å²) in [6, 6.07) is 0.634. The largest absolute Gasteiger partial charge is 0.493 e. The highest BCUT2D eigenvalue weighted by molar-refractivity contribution is 5.76. The maximum atomic E-state index is 12.9. The summed E-state index contributed by atoms with van der Waals surface area (Å²) < 4.78 is 35.5. The maximum Gasteiger partial charge on any atom is 0.325 e. The van der Waals surface area contributed by atoms with Gasteiger partial charge in [-0.3, -0.25) is 4.79 Å². The molecular formula is C11H13F2NO4. The molecule has 0 amide bonds. The number of ether oxygens (including phenoxy) is 2. The summed E-state index contributed by atoms with van der Waals surface area (Å²) in [5.41, 5.74) is 4.68. The number of rotatable bonds is 5. The number of hydrogen-bond acceptors (Lipinski definition) is 4. The van der Waals surface area contributed by atoms with E-state index in [-0.39, 0.29) is 17.1 Å². The van der Waals surface area contributed by atoms with Crippen LogP contribution in [0.4, 0.5) is 8.78 Å². The second kappa shape index (κ2) is 5.63. The lowest BCUT2D eigenvalue weighted by atomic mass is 10.00. The minimum Gasteiger partial charge on any atom is -0.493 e. The fourth-order valence-corrected chi connectivity index (χ4v) is 1.50. The molecule has 0 bridgehead atoms. The van der Waals surface area contributed by atoms with Crippen LogP contribution in [0.25, 0.3) is 0 Å². The molecule has 5 nitrogen and oxygen atoms in total. The predicted molar refractivity (Wildman–Crippen MR) is 59.1 cm³/mol. The number of carbonyl (C=O) groups is 1. The third kappa shape index (κ3) is 2.67. The Hall–Kier alpha value is -1.89. The summed E-state index contributed by atoms with van der Waals surface area (Å²) in [4.78, 5) is 10.8. The number of nitrogens with two attached hydrogens (primary N) is 1. The van der Waals surface area contributed by atoms with Gasteiger partial charge < -0.3 is 20.3 Å². The van der Waals surface area contributed by atoms with Crippen LogP contribution < -0.4 is 15.2 Å². The van der Waals surface area contributed by atoms with Gasteiger partial charge in [0.15, 0.2) is 11.5 Å². The summed E-state index contributed by atoms with van der Waals surface area (Å²) >= 11 is 0.